The number of hydrogen-bond acceptors (Lipinski definition) is 3. The van der Waals surface area contributed by atoms with Crippen LogP contribution in [0.25, 0.3) is 21.8 Å². The zero-order chi connectivity index (χ0) is 13.9. The zero-order valence-corrected chi connectivity index (χ0v) is 12.5. The van der Waals surface area contributed by atoms with Gasteiger partial charge in [-0.15, -0.1) is 11.3 Å². The Morgan fingerprint density at radius 2 is 2.05 bits per heavy atom. The molecule has 1 N–H and O–H groups in total. The van der Waals surface area contributed by atoms with Crippen molar-refractivity contribution in [3.8, 4) is 21.8 Å². The molecule has 3 rings (SSSR count). The Morgan fingerprint density at radius 3 is 2.70 bits per heavy atom. The number of hydrogen-bond donors (Lipinski definition) is 1. The minimum atomic E-state index is 0.516. The summed E-state index contributed by atoms with van der Waals surface area (Å²) in [5.74, 6) is 0. The number of halogens is 1. The Kier molecular flexibility index (Phi) is 3.87. The van der Waals surface area contributed by atoms with E-state index in [1.165, 1.54) is 0 Å². The van der Waals surface area contributed by atoms with Crippen molar-refractivity contribution < 1.29 is 4.74 Å². The van der Waals surface area contributed by atoms with Gasteiger partial charge in [-0.2, -0.15) is 5.10 Å². The minimum absolute atomic E-state index is 0.516. The number of aromatic nitrogens is 2. The highest BCUT2D eigenvalue weighted by Gasteiger charge is 2.16. The zero-order valence-electron chi connectivity index (χ0n) is 10.9. The molecule has 3 aromatic rings. The van der Waals surface area contributed by atoms with Gasteiger partial charge in [0.15, 0.2) is 0 Å². The molecule has 0 atom stereocenters. The molecule has 0 spiro atoms. The largest absolute Gasteiger partial charge is 0.380 e. The van der Waals surface area contributed by atoms with Crippen molar-refractivity contribution in [3.05, 3.63) is 52.4 Å². The van der Waals surface area contributed by atoms with Gasteiger partial charge in [0, 0.05) is 23.3 Å². The highest BCUT2D eigenvalue weighted by atomic mass is 35.5. The van der Waals surface area contributed by atoms with E-state index in [-0.39, 0.29) is 0 Å². The lowest BCUT2D eigenvalue weighted by atomic mass is 10.1. The molecule has 0 aliphatic rings. The predicted octanol–water partition coefficient (Wildman–Crippen LogP) is 4.61. The van der Waals surface area contributed by atoms with Gasteiger partial charge in [-0.3, -0.25) is 5.10 Å². The van der Waals surface area contributed by atoms with Crippen LogP contribution in [0.1, 0.15) is 5.56 Å². The van der Waals surface area contributed by atoms with Gasteiger partial charge in [0.1, 0.15) is 0 Å². The van der Waals surface area contributed by atoms with Crippen molar-refractivity contribution in [1.29, 1.82) is 0 Å². The maximum Gasteiger partial charge on any atom is 0.0982 e. The minimum Gasteiger partial charge on any atom is -0.380 e. The summed E-state index contributed by atoms with van der Waals surface area (Å²) in [6, 6.07) is 11.8. The lowest BCUT2D eigenvalue weighted by Gasteiger charge is -2.04. The number of nitrogens with zero attached hydrogens (tertiary/aromatic N) is 1. The van der Waals surface area contributed by atoms with Gasteiger partial charge in [0.25, 0.3) is 0 Å². The van der Waals surface area contributed by atoms with Crippen molar-refractivity contribution in [2.24, 2.45) is 0 Å². The Morgan fingerprint density at radius 1 is 1.25 bits per heavy atom. The van der Waals surface area contributed by atoms with Gasteiger partial charge in [-0.05, 0) is 23.6 Å². The molecule has 0 saturated carbocycles. The topological polar surface area (TPSA) is 37.9 Å². The van der Waals surface area contributed by atoms with Crippen LogP contribution in [0.5, 0.6) is 0 Å². The van der Waals surface area contributed by atoms with Crippen LogP contribution in [-0.2, 0) is 11.3 Å². The summed E-state index contributed by atoms with van der Waals surface area (Å²) in [7, 11) is 1.69. The fourth-order valence-electron chi connectivity index (χ4n) is 2.12. The quantitative estimate of drug-likeness (QED) is 0.764. The maximum absolute atomic E-state index is 5.94. The number of aromatic amines is 1. The average Bonchev–Trinajstić information content (AvgIpc) is 3.09. The van der Waals surface area contributed by atoms with Gasteiger partial charge in [-0.1, -0.05) is 29.8 Å². The Labute approximate surface area is 126 Å². The molecule has 0 unspecified atom stereocenters. The van der Waals surface area contributed by atoms with Crippen LogP contribution in [0.4, 0.5) is 0 Å². The third kappa shape index (κ3) is 2.50. The summed E-state index contributed by atoms with van der Waals surface area (Å²) < 4.78 is 5.33. The second-order valence-electron chi connectivity index (χ2n) is 4.34. The van der Waals surface area contributed by atoms with E-state index in [4.69, 9.17) is 16.3 Å². The van der Waals surface area contributed by atoms with Crippen LogP contribution in [0, 0.1) is 0 Å². The fraction of sp³-hybridized carbons (Fsp3) is 0.133. The second kappa shape index (κ2) is 5.79. The summed E-state index contributed by atoms with van der Waals surface area (Å²) in [5, 5.41) is 10.3. The van der Waals surface area contributed by atoms with Crippen LogP contribution in [0.3, 0.4) is 0 Å². The highest BCUT2D eigenvalue weighted by Crippen LogP contribution is 2.33. The van der Waals surface area contributed by atoms with Gasteiger partial charge >= 0.3 is 0 Å². The van der Waals surface area contributed by atoms with Crippen LogP contribution in [-0.4, -0.2) is 17.3 Å². The molecular weight excluding hydrogens is 292 g/mol. The SMILES string of the molecule is COCc1c(-c2ccc(Cl)cc2)n[nH]c1-c1cccs1. The summed E-state index contributed by atoms with van der Waals surface area (Å²) >= 11 is 7.61. The van der Waals surface area contributed by atoms with Crippen molar-refractivity contribution in [3.63, 3.8) is 0 Å². The van der Waals surface area contributed by atoms with Gasteiger partial charge in [0.05, 0.1) is 22.9 Å². The molecule has 2 heterocycles. The van der Waals surface area contributed by atoms with Crippen molar-refractivity contribution in [2.45, 2.75) is 6.61 Å². The van der Waals surface area contributed by atoms with E-state index in [0.717, 1.165) is 32.4 Å². The van der Waals surface area contributed by atoms with Crippen LogP contribution in [0.15, 0.2) is 41.8 Å². The molecule has 0 radical (unpaired) electrons. The molecule has 0 saturated heterocycles. The van der Waals surface area contributed by atoms with Gasteiger partial charge < -0.3 is 4.74 Å². The van der Waals surface area contributed by atoms with E-state index in [0.29, 0.717) is 6.61 Å². The van der Waals surface area contributed by atoms with E-state index in [9.17, 15) is 0 Å². The van der Waals surface area contributed by atoms with E-state index in [1.807, 2.05) is 30.3 Å². The summed E-state index contributed by atoms with van der Waals surface area (Å²) in [6.45, 7) is 0.516. The molecule has 0 fully saturated rings. The normalized spacial score (nSPS) is 10.9. The molecule has 0 aliphatic carbocycles. The number of methoxy groups -OCH3 is 1. The second-order valence-corrected chi connectivity index (χ2v) is 5.73. The highest BCUT2D eigenvalue weighted by molar-refractivity contribution is 7.13. The maximum atomic E-state index is 5.94. The van der Waals surface area contributed by atoms with E-state index in [1.54, 1.807) is 18.4 Å². The Bertz CT molecular complexity index is 689. The number of thiophene rings is 1. The Balaban J connectivity index is 2.09. The lowest BCUT2D eigenvalue weighted by molar-refractivity contribution is 0.185. The van der Waals surface area contributed by atoms with E-state index < -0.39 is 0 Å². The molecular formula is C15H13ClN2OS. The molecule has 20 heavy (non-hydrogen) atoms. The van der Waals surface area contributed by atoms with E-state index >= 15 is 0 Å². The molecule has 3 nitrogen and oxygen atoms in total. The standard InChI is InChI=1S/C15H13ClN2OS/c1-19-9-12-14(10-4-6-11(16)7-5-10)17-18-15(12)13-3-2-8-20-13/h2-8H,9H2,1H3,(H,17,18). The molecule has 0 bridgehead atoms. The summed E-state index contributed by atoms with van der Waals surface area (Å²) in [5.41, 5.74) is 4.02. The van der Waals surface area contributed by atoms with Gasteiger partial charge in [-0.25, -0.2) is 0 Å². The summed E-state index contributed by atoms with van der Waals surface area (Å²) in [6.07, 6.45) is 0. The number of rotatable bonds is 4. The number of ether oxygens (including phenoxy) is 1. The molecule has 0 amide bonds. The lowest BCUT2D eigenvalue weighted by Crippen LogP contribution is -1.91. The van der Waals surface area contributed by atoms with Crippen molar-refractivity contribution >= 4 is 22.9 Å². The monoisotopic (exact) mass is 304 g/mol. The third-order valence-electron chi connectivity index (χ3n) is 3.04. The molecule has 102 valence electrons. The molecule has 1 aromatic carbocycles. The summed E-state index contributed by atoms with van der Waals surface area (Å²) in [4.78, 5) is 1.16. The molecule has 5 heteroatoms. The number of nitrogens with one attached hydrogen (secondary N) is 1. The van der Waals surface area contributed by atoms with Crippen LogP contribution in [0.2, 0.25) is 5.02 Å². The smallest absolute Gasteiger partial charge is 0.0982 e. The number of H-pyrrole nitrogens is 1. The third-order valence-corrected chi connectivity index (χ3v) is 4.18. The van der Waals surface area contributed by atoms with Crippen LogP contribution < -0.4 is 0 Å². The average molecular weight is 305 g/mol. The first-order valence-electron chi connectivity index (χ1n) is 6.15. The van der Waals surface area contributed by atoms with Gasteiger partial charge in [0.2, 0.25) is 0 Å². The first-order valence-corrected chi connectivity index (χ1v) is 7.41. The molecule has 2 aromatic heterocycles. The van der Waals surface area contributed by atoms with E-state index in [2.05, 4.69) is 21.6 Å². The Hall–Kier alpha value is -1.62. The van der Waals surface area contributed by atoms with Crippen molar-refractivity contribution in [2.75, 3.05) is 7.11 Å². The fourth-order valence-corrected chi connectivity index (χ4v) is 2.99. The first kappa shape index (κ1) is 13.4. The van der Waals surface area contributed by atoms with Crippen molar-refractivity contribution in [1.82, 2.24) is 10.2 Å². The first-order chi connectivity index (χ1) is 9.79. The molecule has 0 aliphatic heterocycles. The van der Waals surface area contributed by atoms with Crippen LogP contribution >= 0.6 is 22.9 Å². The number of benzene rings is 1. The predicted molar refractivity (Wildman–Crippen MR) is 83.1 cm³/mol.